The van der Waals surface area contributed by atoms with E-state index in [1.165, 1.54) is 12.1 Å². The van der Waals surface area contributed by atoms with Crippen molar-refractivity contribution in [2.45, 2.75) is 31.8 Å². The molecule has 2 fully saturated rings. The maximum Gasteiger partial charge on any atom is 0.305 e. The Morgan fingerprint density at radius 3 is 2.32 bits per heavy atom. The van der Waals surface area contributed by atoms with E-state index < -0.39 is 17.8 Å². The first-order chi connectivity index (χ1) is 22.7. The highest BCUT2D eigenvalue weighted by atomic mass is 19.1. The third-order valence-corrected chi connectivity index (χ3v) is 8.85. The van der Waals surface area contributed by atoms with Gasteiger partial charge in [-0.05, 0) is 84.6 Å². The number of carbonyl (C=O) groups excluding carboxylic acids is 2. The lowest BCUT2D eigenvalue weighted by Crippen LogP contribution is -2.44. The van der Waals surface area contributed by atoms with Crippen LogP contribution in [0.3, 0.4) is 0 Å². The lowest BCUT2D eigenvalue weighted by Gasteiger charge is -2.35. The molecule has 0 radical (unpaired) electrons. The molecule has 4 aromatic rings. The van der Waals surface area contributed by atoms with Crippen LogP contribution in [-0.4, -0.2) is 70.9 Å². The first kappa shape index (κ1) is 31.9. The minimum Gasteiger partial charge on any atom is -0.481 e. The number of piperazine rings is 1. The Morgan fingerprint density at radius 2 is 1.64 bits per heavy atom. The summed E-state index contributed by atoms with van der Waals surface area (Å²) in [5, 5.41) is 12.9. The van der Waals surface area contributed by atoms with Crippen molar-refractivity contribution < 1.29 is 23.9 Å². The minimum atomic E-state index is -1.04. The van der Waals surface area contributed by atoms with Crippen LogP contribution in [0.25, 0.3) is 11.1 Å². The average molecular weight is 636 g/mol. The Morgan fingerprint density at radius 1 is 0.936 bits per heavy atom. The van der Waals surface area contributed by atoms with Crippen LogP contribution in [0.5, 0.6) is 0 Å². The topological polar surface area (TPSA) is 106 Å². The molecule has 1 saturated heterocycles. The Hall–Kier alpha value is -5.09. The number of aliphatic carboxylic acids is 1. The molecule has 2 heterocycles. The van der Waals surface area contributed by atoms with E-state index in [0.717, 1.165) is 61.4 Å². The molecular formula is C37H38FN5O4. The van der Waals surface area contributed by atoms with E-state index in [1.807, 2.05) is 42.5 Å². The molecule has 1 aliphatic carbocycles. The van der Waals surface area contributed by atoms with E-state index in [-0.39, 0.29) is 30.7 Å². The number of likely N-dealkylation sites (N-methyl/N-ethyl adjacent to an activating group) is 1. The normalized spacial score (nSPS) is 15.6. The molecule has 2 N–H and O–H groups in total. The van der Waals surface area contributed by atoms with Gasteiger partial charge < -0.3 is 25.1 Å². The zero-order chi connectivity index (χ0) is 32.9. The number of nitrogens with zero attached hydrogens (tertiary/aromatic N) is 4. The number of carboxylic acids is 1. The van der Waals surface area contributed by atoms with Gasteiger partial charge in [-0.15, -0.1) is 0 Å². The smallest absolute Gasteiger partial charge is 0.305 e. The highest BCUT2D eigenvalue weighted by molar-refractivity contribution is 6.06. The van der Waals surface area contributed by atoms with Gasteiger partial charge in [0.05, 0.1) is 23.8 Å². The number of hydrogen-bond acceptors (Lipinski definition) is 6. The molecule has 47 heavy (non-hydrogen) atoms. The van der Waals surface area contributed by atoms with Gasteiger partial charge in [-0.1, -0.05) is 36.4 Å². The summed E-state index contributed by atoms with van der Waals surface area (Å²) in [5.41, 5.74) is 5.33. The number of rotatable bonds is 11. The van der Waals surface area contributed by atoms with Crippen LogP contribution in [0.4, 0.5) is 15.8 Å². The van der Waals surface area contributed by atoms with Crippen molar-refractivity contribution in [2.24, 2.45) is 5.92 Å². The molecule has 3 aromatic carbocycles. The van der Waals surface area contributed by atoms with Gasteiger partial charge >= 0.3 is 5.97 Å². The van der Waals surface area contributed by atoms with Gasteiger partial charge in [0, 0.05) is 56.6 Å². The number of halogens is 1. The maximum atomic E-state index is 13.8. The molecule has 2 amide bonds. The van der Waals surface area contributed by atoms with Crippen molar-refractivity contribution in [2.75, 3.05) is 43.4 Å². The highest BCUT2D eigenvalue weighted by Gasteiger charge is 2.37. The number of anilines is 2. The summed E-state index contributed by atoms with van der Waals surface area (Å²) in [4.78, 5) is 49.0. The summed E-state index contributed by atoms with van der Waals surface area (Å²) >= 11 is 0. The fourth-order valence-corrected chi connectivity index (χ4v) is 6.05. The van der Waals surface area contributed by atoms with Gasteiger partial charge in [-0.2, -0.15) is 0 Å². The van der Waals surface area contributed by atoms with Crippen molar-refractivity contribution >= 4 is 29.2 Å². The standard InChI is InChI=1S/C37H38FN5O4/c1-41-17-19-42(20-18-41)33-12-9-30(22-32(33)40-36(46)27-13-15-39-16-14-27)29-4-2-3-25(21-29)24-43(37(47)28-5-6-28)34(23-35(44)45)26-7-10-31(38)11-8-26/h2-4,7-16,21-22,28,34H,5-6,17-20,23-24H2,1H3,(H,40,46)(H,44,45). The zero-order valence-corrected chi connectivity index (χ0v) is 26.3. The number of benzene rings is 3. The van der Waals surface area contributed by atoms with Gasteiger partial charge in [0.15, 0.2) is 0 Å². The van der Waals surface area contributed by atoms with E-state index >= 15 is 0 Å². The van der Waals surface area contributed by atoms with E-state index in [4.69, 9.17) is 0 Å². The first-order valence-electron chi connectivity index (χ1n) is 15.9. The van der Waals surface area contributed by atoms with Crippen LogP contribution < -0.4 is 10.2 Å². The predicted octanol–water partition coefficient (Wildman–Crippen LogP) is 5.85. The fraction of sp³-hybridized carbons (Fsp3) is 0.297. The minimum absolute atomic E-state index is 0.0939. The SMILES string of the molecule is CN1CCN(c2ccc(-c3cccc(CN(C(=O)C4CC4)C(CC(=O)O)c4ccc(F)cc4)c3)cc2NC(=O)c2ccncc2)CC1. The quantitative estimate of drug-likeness (QED) is 0.213. The molecule has 1 aliphatic heterocycles. The van der Waals surface area contributed by atoms with Crippen molar-refractivity contribution in [1.29, 1.82) is 0 Å². The van der Waals surface area contributed by atoms with Crippen molar-refractivity contribution in [1.82, 2.24) is 14.8 Å². The molecule has 0 bridgehead atoms. The lowest BCUT2D eigenvalue weighted by molar-refractivity contribution is -0.142. The molecule has 6 rings (SSSR count). The monoisotopic (exact) mass is 635 g/mol. The predicted molar refractivity (Wildman–Crippen MR) is 178 cm³/mol. The number of carbonyl (C=O) groups is 3. The van der Waals surface area contributed by atoms with E-state index in [0.29, 0.717) is 16.8 Å². The summed E-state index contributed by atoms with van der Waals surface area (Å²) in [5.74, 6) is -1.92. The largest absolute Gasteiger partial charge is 0.481 e. The Labute approximate surface area is 273 Å². The van der Waals surface area contributed by atoms with Crippen molar-refractivity contribution in [3.63, 3.8) is 0 Å². The molecule has 242 valence electrons. The lowest BCUT2D eigenvalue weighted by atomic mass is 9.98. The van der Waals surface area contributed by atoms with Gasteiger partial charge in [-0.3, -0.25) is 19.4 Å². The first-order valence-corrected chi connectivity index (χ1v) is 15.9. The molecule has 0 spiro atoms. The van der Waals surface area contributed by atoms with Crippen LogP contribution in [-0.2, 0) is 16.1 Å². The molecule has 1 saturated carbocycles. The molecule has 1 aromatic heterocycles. The summed E-state index contributed by atoms with van der Waals surface area (Å²) in [7, 11) is 2.10. The molecule has 10 heteroatoms. The third kappa shape index (κ3) is 7.84. The van der Waals surface area contributed by atoms with Crippen molar-refractivity contribution in [3.05, 3.63) is 114 Å². The summed E-state index contributed by atoms with van der Waals surface area (Å²) < 4.78 is 13.8. The highest BCUT2D eigenvalue weighted by Crippen LogP contribution is 2.37. The van der Waals surface area contributed by atoms with Crippen LogP contribution in [0.1, 0.15) is 46.8 Å². The Balaban J connectivity index is 1.32. The summed E-state index contributed by atoms with van der Waals surface area (Å²) in [6.07, 6.45) is 4.43. The van der Waals surface area contributed by atoms with Crippen LogP contribution in [0.2, 0.25) is 0 Å². The van der Waals surface area contributed by atoms with Gasteiger partial charge in [0.2, 0.25) is 5.91 Å². The third-order valence-electron chi connectivity index (χ3n) is 8.85. The zero-order valence-electron chi connectivity index (χ0n) is 26.3. The molecular weight excluding hydrogens is 597 g/mol. The fourth-order valence-electron chi connectivity index (χ4n) is 6.05. The summed E-state index contributed by atoms with van der Waals surface area (Å²) in [6, 6.07) is 22.2. The van der Waals surface area contributed by atoms with Crippen LogP contribution >= 0.6 is 0 Å². The second kappa shape index (κ2) is 14.1. The van der Waals surface area contributed by atoms with E-state index in [9.17, 15) is 23.9 Å². The van der Waals surface area contributed by atoms with Crippen LogP contribution in [0.15, 0.2) is 91.3 Å². The maximum absolute atomic E-state index is 13.8. The van der Waals surface area contributed by atoms with E-state index in [2.05, 4.69) is 27.1 Å². The average Bonchev–Trinajstić information content (AvgIpc) is 3.93. The number of amides is 2. The number of pyridine rings is 1. The second-order valence-electron chi connectivity index (χ2n) is 12.3. The molecule has 2 aliphatic rings. The van der Waals surface area contributed by atoms with Crippen LogP contribution in [0, 0.1) is 11.7 Å². The Kier molecular flexibility index (Phi) is 9.58. The van der Waals surface area contributed by atoms with Gasteiger partial charge in [0.25, 0.3) is 5.91 Å². The molecule has 1 atom stereocenters. The summed E-state index contributed by atoms with van der Waals surface area (Å²) in [6.45, 7) is 3.69. The molecule has 1 unspecified atom stereocenters. The van der Waals surface area contributed by atoms with E-state index in [1.54, 1.807) is 41.6 Å². The number of carboxylic acid groups (broad SMARTS) is 1. The second-order valence-corrected chi connectivity index (χ2v) is 12.3. The number of aromatic nitrogens is 1. The van der Waals surface area contributed by atoms with Gasteiger partial charge in [-0.25, -0.2) is 4.39 Å². The molecule has 9 nitrogen and oxygen atoms in total. The van der Waals surface area contributed by atoms with Crippen molar-refractivity contribution in [3.8, 4) is 11.1 Å². The number of nitrogens with one attached hydrogen (secondary N) is 1. The number of hydrogen-bond donors (Lipinski definition) is 2. The Bertz CT molecular complexity index is 1740. The van der Waals surface area contributed by atoms with Gasteiger partial charge in [0.1, 0.15) is 5.82 Å².